The third-order valence-corrected chi connectivity index (χ3v) is 7.07. The van der Waals surface area contributed by atoms with Crippen molar-refractivity contribution < 1.29 is 28.7 Å². The smallest absolute Gasteiger partial charge is 0.320 e. The number of primary amides is 1. The van der Waals surface area contributed by atoms with Crippen LogP contribution in [-0.2, 0) is 28.7 Å². The molecule has 0 radical (unpaired) electrons. The highest BCUT2D eigenvalue weighted by Gasteiger charge is 2.55. The molecule has 4 rings (SSSR count). The molecule has 8 heteroatoms. The minimum absolute atomic E-state index is 0.185. The average molecular weight is 394 g/mol. The van der Waals surface area contributed by atoms with Gasteiger partial charge in [0, 0.05) is 11.3 Å². The van der Waals surface area contributed by atoms with E-state index >= 15 is 0 Å². The number of esters is 2. The number of rotatable bonds is 7. The summed E-state index contributed by atoms with van der Waals surface area (Å²) in [4.78, 5) is 49.6. The standard InChI is InChI=1S/C20H30N2O6/c1-10(14(17(24)27-2)18(25)28-3)15(16(21)23)22-19(26)20-7-11-4-12(8-20)6-13(5-11)9-20/h10-15H,4-9H2,1-3H3,(H2,21,23)(H,22,26)/t10-,11?,12?,13?,15+,20?/m1/s1. The molecule has 0 unspecified atom stereocenters. The van der Waals surface area contributed by atoms with Crippen LogP contribution in [0.25, 0.3) is 0 Å². The summed E-state index contributed by atoms with van der Waals surface area (Å²) in [6, 6.07) is -1.16. The molecule has 4 aliphatic rings. The number of ether oxygens (including phenoxy) is 2. The van der Waals surface area contributed by atoms with E-state index in [0.717, 1.165) is 33.5 Å². The molecule has 0 saturated heterocycles. The van der Waals surface area contributed by atoms with Crippen molar-refractivity contribution in [2.75, 3.05) is 14.2 Å². The van der Waals surface area contributed by atoms with Gasteiger partial charge in [-0.05, 0) is 56.3 Å². The van der Waals surface area contributed by atoms with Crippen LogP contribution >= 0.6 is 0 Å². The highest BCUT2D eigenvalue weighted by molar-refractivity contribution is 5.97. The van der Waals surface area contributed by atoms with Crippen LogP contribution in [0.2, 0.25) is 0 Å². The van der Waals surface area contributed by atoms with Crippen LogP contribution in [-0.4, -0.2) is 44.0 Å². The minimum Gasteiger partial charge on any atom is -0.468 e. The largest absolute Gasteiger partial charge is 0.468 e. The van der Waals surface area contributed by atoms with Crippen molar-refractivity contribution >= 4 is 23.8 Å². The van der Waals surface area contributed by atoms with Gasteiger partial charge in [0.1, 0.15) is 6.04 Å². The first-order valence-electron chi connectivity index (χ1n) is 9.96. The molecule has 8 nitrogen and oxygen atoms in total. The zero-order valence-corrected chi connectivity index (χ0v) is 16.7. The van der Waals surface area contributed by atoms with Crippen LogP contribution in [0, 0.1) is 35.0 Å². The number of carbonyl (C=O) groups excluding carboxylic acids is 4. The van der Waals surface area contributed by atoms with E-state index in [0.29, 0.717) is 17.8 Å². The Labute approximate surface area is 164 Å². The van der Waals surface area contributed by atoms with Gasteiger partial charge in [-0.25, -0.2) is 0 Å². The SMILES string of the molecule is COC(=O)C(C(=O)OC)[C@@H](C)[C@H](NC(=O)C12CC3CC(CC(C3)C1)C2)C(N)=O. The number of nitrogens with two attached hydrogens (primary N) is 1. The summed E-state index contributed by atoms with van der Waals surface area (Å²) >= 11 is 0. The highest BCUT2D eigenvalue weighted by Crippen LogP contribution is 2.60. The lowest BCUT2D eigenvalue weighted by Crippen LogP contribution is -2.59. The Bertz CT molecular complexity index is 624. The maximum absolute atomic E-state index is 13.3. The van der Waals surface area contributed by atoms with E-state index in [4.69, 9.17) is 5.73 Å². The van der Waals surface area contributed by atoms with Crippen molar-refractivity contribution in [2.24, 2.45) is 40.7 Å². The molecule has 156 valence electrons. The fourth-order valence-electron chi connectivity index (χ4n) is 6.12. The van der Waals surface area contributed by atoms with E-state index in [9.17, 15) is 19.2 Å². The lowest BCUT2D eigenvalue weighted by molar-refractivity contribution is -0.163. The molecule has 0 heterocycles. The molecular weight excluding hydrogens is 364 g/mol. The quantitative estimate of drug-likeness (QED) is 0.485. The molecule has 4 bridgehead atoms. The van der Waals surface area contributed by atoms with Gasteiger partial charge in [-0.1, -0.05) is 6.92 Å². The van der Waals surface area contributed by atoms with Gasteiger partial charge >= 0.3 is 11.9 Å². The third kappa shape index (κ3) is 3.61. The number of methoxy groups -OCH3 is 2. The molecule has 2 amide bonds. The summed E-state index contributed by atoms with van der Waals surface area (Å²) in [7, 11) is 2.30. The molecule has 0 aromatic carbocycles. The van der Waals surface area contributed by atoms with Crippen LogP contribution in [0.4, 0.5) is 0 Å². The van der Waals surface area contributed by atoms with Crippen molar-refractivity contribution in [3.63, 3.8) is 0 Å². The van der Waals surface area contributed by atoms with E-state index in [2.05, 4.69) is 14.8 Å². The molecule has 4 fully saturated rings. The summed E-state index contributed by atoms with van der Waals surface area (Å²) in [5, 5.41) is 2.78. The molecule has 2 atom stereocenters. The van der Waals surface area contributed by atoms with E-state index < -0.39 is 41.1 Å². The maximum atomic E-state index is 13.3. The number of nitrogens with one attached hydrogen (secondary N) is 1. The van der Waals surface area contributed by atoms with E-state index in [1.54, 1.807) is 0 Å². The Morgan fingerprint density at radius 2 is 1.36 bits per heavy atom. The monoisotopic (exact) mass is 394 g/mol. The van der Waals surface area contributed by atoms with Crippen molar-refractivity contribution in [1.82, 2.24) is 5.32 Å². The number of hydrogen-bond acceptors (Lipinski definition) is 6. The van der Waals surface area contributed by atoms with E-state index in [-0.39, 0.29) is 5.91 Å². The second kappa shape index (κ2) is 7.72. The maximum Gasteiger partial charge on any atom is 0.320 e. The van der Waals surface area contributed by atoms with Gasteiger partial charge in [-0.2, -0.15) is 0 Å². The highest BCUT2D eigenvalue weighted by atomic mass is 16.5. The predicted molar refractivity (Wildman–Crippen MR) is 98.4 cm³/mol. The minimum atomic E-state index is -1.34. The fourth-order valence-corrected chi connectivity index (χ4v) is 6.12. The molecule has 0 spiro atoms. The molecule has 3 N–H and O–H groups in total. The molecule has 0 aliphatic heterocycles. The zero-order chi connectivity index (χ0) is 20.6. The van der Waals surface area contributed by atoms with Crippen molar-refractivity contribution in [3.8, 4) is 0 Å². The van der Waals surface area contributed by atoms with Crippen molar-refractivity contribution in [1.29, 1.82) is 0 Å². The summed E-state index contributed by atoms with van der Waals surface area (Å²) < 4.78 is 9.37. The fraction of sp³-hybridized carbons (Fsp3) is 0.800. The number of amides is 2. The van der Waals surface area contributed by atoms with Gasteiger partial charge < -0.3 is 20.5 Å². The predicted octanol–water partition coefficient (Wildman–Crippen LogP) is 0.771. The summed E-state index contributed by atoms with van der Waals surface area (Å²) in [5.41, 5.74) is 5.08. The van der Waals surface area contributed by atoms with Crippen LogP contribution in [0.15, 0.2) is 0 Å². The Morgan fingerprint density at radius 3 is 1.71 bits per heavy atom. The summed E-state index contributed by atoms with van der Waals surface area (Å²) in [6.45, 7) is 1.52. The van der Waals surface area contributed by atoms with Gasteiger partial charge in [0.25, 0.3) is 0 Å². The second-order valence-electron chi connectivity index (χ2n) is 8.93. The molecule has 4 saturated carbocycles. The van der Waals surface area contributed by atoms with Crippen LogP contribution in [0.3, 0.4) is 0 Å². The van der Waals surface area contributed by atoms with Gasteiger partial charge in [0.05, 0.1) is 14.2 Å². The van der Waals surface area contributed by atoms with Crippen LogP contribution in [0.5, 0.6) is 0 Å². The van der Waals surface area contributed by atoms with E-state index in [1.807, 2.05) is 0 Å². The Morgan fingerprint density at radius 1 is 0.929 bits per heavy atom. The van der Waals surface area contributed by atoms with Gasteiger partial charge in [0.2, 0.25) is 11.8 Å². The Balaban J connectivity index is 1.79. The van der Waals surface area contributed by atoms with Crippen molar-refractivity contribution in [3.05, 3.63) is 0 Å². The first-order chi connectivity index (χ1) is 13.2. The summed E-state index contributed by atoms with van der Waals surface area (Å²) in [6.07, 6.45) is 6.07. The molecular formula is C20H30N2O6. The van der Waals surface area contributed by atoms with Crippen molar-refractivity contribution in [2.45, 2.75) is 51.5 Å². The topological polar surface area (TPSA) is 125 Å². The lowest BCUT2D eigenvalue weighted by Gasteiger charge is -2.55. The van der Waals surface area contributed by atoms with Gasteiger partial charge in [-0.3, -0.25) is 19.2 Å². The second-order valence-corrected chi connectivity index (χ2v) is 8.93. The number of hydrogen-bond donors (Lipinski definition) is 2. The Hall–Kier alpha value is -2.12. The molecule has 4 aliphatic carbocycles. The Kier molecular flexibility index (Phi) is 5.68. The van der Waals surface area contributed by atoms with Crippen LogP contribution in [0.1, 0.15) is 45.4 Å². The average Bonchev–Trinajstić information content (AvgIpc) is 2.64. The molecule has 28 heavy (non-hydrogen) atoms. The normalized spacial score (nSPS) is 32.5. The van der Waals surface area contributed by atoms with E-state index in [1.165, 1.54) is 26.2 Å². The molecule has 0 aromatic heterocycles. The lowest BCUT2D eigenvalue weighted by atomic mass is 9.49. The summed E-state index contributed by atoms with van der Waals surface area (Å²) in [5.74, 6) is -3.15. The van der Waals surface area contributed by atoms with Gasteiger partial charge in [-0.15, -0.1) is 0 Å². The third-order valence-electron chi connectivity index (χ3n) is 7.07. The molecule has 0 aromatic rings. The van der Waals surface area contributed by atoms with Crippen LogP contribution < -0.4 is 11.1 Å². The number of carbonyl (C=O) groups is 4. The first kappa shape index (κ1) is 20.6. The first-order valence-corrected chi connectivity index (χ1v) is 9.96. The zero-order valence-electron chi connectivity index (χ0n) is 16.7. The van der Waals surface area contributed by atoms with Gasteiger partial charge in [0.15, 0.2) is 5.92 Å².